The second-order valence-electron chi connectivity index (χ2n) is 6.00. The average Bonchev–Trinajstić information content (AvgIpc) is 2.59. The molecular weight excluding hydrogens is 348 g/mol. The molecule has 0 aliphatic heterocycles. The van der Waals surface area contributed by atoms with Crippen LogP contribution in [0.4, 0.5) is 0 Å². The van der Waals surface area contributed by atoms with Crippen molar-refractivity contribution in [2.24, 2.45) is 11.7 Å². The SMILES string of the molecule is CCC(C)C(NC(=O)C(N)CO)C(=O)NC(C(=O)NCC(=O)O)C(C)O. The van der Waals surface area contributed by atoms with E-state index in [1.807, 2.05) is 0 Å². The fourth-order valence-electron chi connectivity index (χ4n) is 1.97. The number of carboxylic acids is 1. The predicted octanol–water partition coefficient (Wildman–Crippen LogP) is -3.10. The maximum absolute atomic E-state index is 12.5. The lowest BCUT2D eigenvalue weighted by Crippen LogP contribution is -2.60. The second kappa shape index (κ2) is 11.4. The highest BCUT2D eigenvalue weighted by Gasteiger charge is 2.32. The van der Waals surface area contributed by atoms with Crippen molar-refractivity contribution < 1.29 is 34.5 Å². The number of hydrogen-bond donors (Lipinski definition) is 7. The van der Waals surface area contributed by atoms with E-state index in [1.54, 1.807) is 13.8 Å². The van der Waals surface area contributed by atoms with E-state index >= 15 is 0 Å². The molecule has 3 amide bonds. The Morgan fingerprint density at radius 2 is 1.54 bits per heavy atom. The van der Waals surface area contributed by atoms with E-state index in [4.69, 9.17) is 15.9 Å². The van der Waals surface area contributed by atoms with Crippen LogP contribution in [0.1, 0.15) is 27.2 Å². The molecular formula is C15H28N4O7. The lowest BCUT2D eigenvalue weighted by atomic mass is 9.97. The van der Waals surface area contributed by atoms with Crippen LogP contribution in [0.2, 0.25) is 0 Å². The van der Waals surface area contributed by atoms with Crippen LogP contribution in [0.25, 0.3) is 0 Å². The minimum Gasteiger partial charge on any atom is -0.480 e. The Kier molecular flexibility index (Phi) is 10.4. The number of hydrogen-bond acceptors (Lipinski definition) is 7. The number of rotatable bonds is 11. The molecule has 0 aliphatic rings. The van der Waals surface area contributed by atoms with Crippen LogP contribution in [-0.2, 0) is 19.2 Å². The molecule has 11 nitrogen and oxygen atoms in total. The first-order chi connectivity index (χ1) is 12.0. The summed E-state index contributed by atoms with van der Waals surface area (Å²) in [6, 6.07) is -3.67. The fourth-order valence-corrected chi connectivity index (χ4v) is 1.97. The molecule has 150 valence electrons. The predicted molar refractivity (Wildman–Crippen MR) is 90.7 cm³/mol. The van der Waals surface area contributed by atoms with Crippen LogP contribution in [0.15, 0.2) is 0 Å². The third-order valence-corrected chi connectivity index (χ3v) is 3.80. The molecule has 0 spiro atoms. The molecule has 0 fully saturated rings. The standard InChI is InChI=1S/C15H28N4O7/c1-4-7(2)11(18-13(24)9(16)6-20)15(26)19-12(8(3)21)14(25)17-5-10(22)23/h7-9,11-12,20-21H,4-6,16H2,1-3H3,(H,17,25)(H,18,24)(H,19,26)(H,22,23). The van der Waals surface area contributed by atoms with E-state index in [0.717, 1.165) is 0 Å². The maximum Gasteiger partial charge on any atom is 0.322 e. The van der Waals surface area contributed by atoms with Gasteiger partial charge in [-0.1, -0.05) is 20.3 Å². The van der Waals surface area contributed by atoms with Gasteiger partial charge in [0, 0.05) is 0 Å². The van der Waals surface area contributed by atoms with Crippen molar-refractivity contribution in [2.75, 3.05) is 13.2 Å². The van der Waals surface area contributed by atoms with Crippen molar-refractivity contribution in [3.8, 4) is 0 Å². The number of carboxylic acid groups (broad SMARTS) is 1. The summed E-state index contributed by atoms with van der Waals surface area (Å²) in [6.07, 6.45) is -0.794. The van der Waals surface area contributed by atoms with Crippen molar-refractivity contribution in [3.63, 3.8) is 0 Å². The highest BCUT2D eigenvalue weighted by molar-refractivity contribution is 5.94. The molecule has 0 rings (SSSR count). The average molecular weight is 376 g/mol. The van der Waals surface area contributed by atoms with Gasteiger partial charge >= 0.3 is 5.97 Å². The van der Waals surface area contributed by atoms with Crippen molar-refractivity contribution in [1.29, 1.82) is 0 Å². The van der Waals surface area contributed by atoms with Crippen LogP contribution in [0.3, 0.4) is 0 Å². The third kappa shape index (κ3) is 7.76. The summed E-state index contributed by atoms with van der Waals surface area (Å²) in [5, 5.41) is 34.0. The van der Waals surface area contributed by atoms with Crippen LogP contribution < -0.4 is 21.7 Å². The van der Waals surface area contributed by atoms with E-state index in [9.17, 15) is 24.3 Å². The minimum absolute atomic E-state index is 0.332. The monoisotopic (exact) mass is 376 g/mol. The lowest BCUT2D eigenvalue weighted by Gasteiger charge is -2.28. The lowest BCUT2D eigenvalue weighted by molar-refractivity contribution is -0.139. The van der Waals surface area contributed by atoms with Crippen LogP contribution in [0, 0.1) is 5.92 Å². The smallest absolute Gasteiger partial charge is 0.322 e. The number of nitrogens with one attached hydrogen (secondary N) is 3. The Bertz CT molecular complexity index is 512. The minimum atomic E-state index is -1.41. The van der Waals surface area contributed by atoms with Gasteiger partial charge < -0.3 is 37.0 Å². The number of nitrogens with two attached hydrogens (primary N) is 1. The molecule has 5 unspecified atom stereocenters. The maximum atomic E-state index is 12.5. The van der Waals surface area contributed by atoms with Gasteiger partial charge in [0.05, 0.1) is 12.7 Å². The molecule has 0 radical (unpaired) electrons. The summed E-state index contributed by atoms with van der Waals surface area (Å²) in [5.41, 5.74) is 5.42. The molecule has 5 atom stereocenters. The highest BCUT2D eigenvalue weighted by atomic mass is 16.4. The molecule has 0 aliphatic carbocycles. The first kappa shape index (κ1) is 23.8. The number of carbonyl (C=O) groups is 4. The van der Waals surface area contributed by atoms with Gasteiger partial charge in [0.1, 0.15) is 24.7 Å². The molecule has 8 N–H and O–H groups in total. The topological polar surface area (TPSA) is 191 Å². The fraction of sp³-hybridized carbons (Fsp3) is 0.733. The van der Waals surface area contributed by atoms with Crippen molar-refractivity contribution >= 4 is 23.7 Å². The number of aliphatic hydroxyl groups excluding tert-OH is 2. The summed E-state index contributed by atoms with van der Waals surface area (Å²) in [5.74, 6) is -3.97. The number of carbonyl (C=O) groups excluding carboxylic acids is 3. The normalized spacial score (nSPS) is 16.5. The summed E-state index contributed by atoms with van der Waals surface area (Å²) < 4.78 is 0. The molecule has 26 heavy (non-hydrogen) atoms. The van der Waals surface area contributed by atoms with Crippen molar-refractivity contribution in [1.82, 2.24) is 16.0 Å². The Morgan fingerprint density at radius 1 is 1.00 bits per heavy atom. The molecule has 0 saturated heterocycles. The van der Waals surface area contributed by atoms with Gasteiger partial charge in [0.2, 0.25) is 17.7 Å². The summed E-state index contributed by atoms with van der Waals surface area (Å²) in [6.45, 7) is 3.46. The van der Waals surface area contributed by atoms with Crippen LogP contribution >= 0.6 is 0 Å². The Morgan fingerprint density at radius 3 is 1.96 bits per heavy atom. The van der Waals surface area contributed by atoms with E-state index < -0.39 is 61.1 Å². The van der Waals surface area contributed by atoms with E-state index in [1.165, 1.54) is 6.92 Å². The first-order valence-corrected chi connectivity index (χ1v) is 8.19. The largest absolute Gasteiger partial charge is 0.480 e. The summed E-state index contributed by atoms with van der Waals surface area (Å²) >= 11 is 0. The zero-order chi connectivity index (χ0) is 20.4. The Labute approximate surface area is 151 Å². The summed E-state index contributed by atoms with van der Waals surface area (Å²) in [7, 11) is 0. The van der Waals surface area contributed by atoms with Gasteiger partial charge in [0.25, 0.3) is 0 Å². The zero-order valence-corrected chi connectivity index (χ0v) is 15.1. The van der Waals surface area contributed by atoms with Gasteiger partial charge in [-0.2, -0.15) is 0 Å². The molecule has 11 heteroatoms. The van der Waals surface area contributed by atoms with E-state index in [0.29, 0.717) is 6.42 Å². The van der Waals surface area contributed by atoms with Gasteiger partial charge in [-0.15, -0.1) is 0 Å². The molecule has 0 aromatic carbocycles. The van der Waals surface area contributed by atoms with Crippen molar-refractivity contribution in [2.45, 2.75) is 51.4 Å². The van der Waals surface area contributed by atoms with Gasteiger partial charge in [0.15, 0.2) is 0 Å². The van der Waals surface area contributed by atoms with E-state index in [2.05, 4.69) is 16.0 Å². The highest BCUT2D eigenvalue weighted by Crippen LogP contribution is 2.09. The van der Waals surface area contributed by atoms with Crippen molar-refractivity contribution in [3.05, 3.63) is 0 Å². The summed E-state index contributed by atoms with van der Waals surface area (Å²) in [4.78, 5) is 46.9. The van der Waals surface area contributed by atoms with Gasteiger partial charge in [-0.25, -0.2) is 0 Å². The van der Waals surface area contributed by atoms with Gasteiger partial charge in [-0.05, 0) is 12.8 Å². The molecule has 0 aromatic heterocycles. The van der Waals surface area contributed by atoms with Gasteiger partial charge in [-0.3, -0.25) is 19.2 Å². The Hall–Kier alpha value is -2.24. The first-order valence-electron chi connectivity index (χ1n) is 8.19. The third-order valence-electron chi connectivity index (χ3n) is 3.80. The van der Waals surface area contributed by atoms with Crippen LogP contribution in [0.5, 0.6) is 0 Å². The van der Waals surface area contributed by atoms with E-state index in [-0.39, 0.29) is 5.92 Å². The molecule has 0 saturated carbocycles. The molecule has 0 heterocycles. The zero-order valence-electron chi connectivity index (χ0n) is 15.1. The number of aliphatic carboxylic acids is 1. The number of amides is 3. The second-order valence-corrected chi connectivity index (χ2v) is 6.00. The van der Waals surface area contributed by atoms with Crippen LogP contribution in [-0.4, -0.2) is 76.4 Å². The Balaban J connectivity index is 5.19. The number of aliphatic hydroxyl groups is 2. The molecule has 0 bridgehead atoms. The molecule has 0 aromatic rings. The quantitative estimate of drug-likeness (QED) is 0.197.